The molecule has 0 radical (unpaired) electrons. The second-order valence-electron chi connectivity index (χ2n) is 6.51. The number of rotatable bonds is 2. The largest absolute Gasteiger partial charge is 0.349 e. The molecule has 0 spiro atoms. The van der Waals surface area contributed by atoms with Gasteiger partial charge in [0.05, 0.1) is 11.1 Å². The lowest BCUT2D eigenvalue weighted by atomic mass is 9.86. The number of nitrogens with one attached hydrogen (secondary N) is 1. The van der Waals surface area contributed by atoms with Crippen molar-refractivity contribution in [2.75, 3.05) is 0 Å². The lowest BCUT2D eigenvalue weighted by molar-refractivity contribution is 0.0911. The van der Waals surface area contributed by atoms with Crippen LogP contribution in [-0.4, -0.2) is 21.3 Å². The molecular formula is C18H19N3O2S. The number of carbonyl (C=O) groups is 1. The fraction of sp³-hybridized carbons (Fsp3) is 0.389. The van der Waals surface area contributed by atoms with Crippen LogP contribution in [0.4, 0.5) is 0 Å². The average Bonchev–Trinajstić information content (AvgIpc) is 3.05. The van der Waals surface area contributed by atoms with E-state index in [-0.39, 0.29) is 17.5 Å². The summed E-state index contributed by atoms with van der Waals surface area (Å²) in [4.78, 5) is 29.9. The number of aromatic nitrogens is 2. The normalized spacial score (nSPS) is 21.2. The molecule has 0 aromatic carbocycles. The van der Waals surface area contributed by atoms with Crippen LogP contribution in [0.15, 0.2) is 34.6 Å². The van der Waals surface area contributed by atoms with E-state index in [4.69, 9.17) is 0 Å². The van der Waals surface area contributed by atoms with E-state index >= 15 is 0 Å². The van der Waals surface area contributed by atoms with E-state index in [0.29, 0.717) is 27.3 Å². The van der Waals surface area contributed by atoms with Gasteiger partial charge >= 0.3 is 0 Å². The SMILES string of the molecule is CC1CCCCC1NC(=O)c1cccn2c(=O)c3sccc3nc12. The topological polar surface area (TPSA) is 63.5 Å². The number of fused-ring (bicyclic) bond motifs is 2. The number of hydrogen-bond donors (Lipinski definition) is 1. The molecule has 0 saturated heterocycles. The van der Waals surface area contributed by atoms with Crippen LogP contribution in [0.2, 0.25) is 0 Å². The fourth-order valence-corrected chi connectivity index (χ4v) is 4.27. The Morgan fingerprint density at radius 3 is 3.00 bits per heavy atom. The zero-order valence-corrected chi connectivity index (χ0v) is 14.3. The van der Waals surface area contributed by atoms with Crippen LogP contribution in [0.1, 0.15) is 43.0 Å². The van der Waals surface area contributed by atoms with Gasteiger partial charge in [0.25, 0.3) is 11.5 Å². The highest BCUT2D eigenvalue weighted by Crippen LogP contribution is 2.24. The molecule has 2 atom stereocenters. The summed E-state index contributed by atoms with van der Waals surface area (Å²) in [7, 11) is 0. The molecule has 5 nitrogen and oxygen atoms in total. The third kappa shape index (κ3) is 2.51. The Morgan fingerprint density at radius 2 is 2.17 bits per heavy atom. The molecular weight excluding hydrogens is 322 g/mol. The van der Waals surface area contributed by atoms with Gasteiger partial charge < -0.3 is 5.32 Å². The zero-order chi connectivity index (χ0) is 16.7. The molecule has 1 fully saturated rings. The number of carbonyl (C=O) groups excluding carboxylic acids is 1. The van der Waals surface area contributed by atoms with Crippen molar-refractivity contribution in [2.24, 2.45) is 5.92 Å². The zero-order valence-electron chi connectivity index (χ0n) is 13.5. The molecule has 6 heteroatoms. The maximum Gasteiger partial charge on any atom is 0.275 e. The fourth-order valence-electron chi connectivity index (χ4n) is 3.51. The molecule has 1 aliphatic carbocycles. The van der Waals surface area contributed by atoms with Crippen molar-refractivity contribution in [3.63, 3.8) is 0 Å². The van der Waals surface area contributed by atoms with Crippen molar-refractivity contribution in [2.45, 2.75) is 38.6 Å². The highest BCUT2D eigenvalue weighted by molar-refractivity contribution is 7.17. The van der Waals surface area contributed by atoms with Crippen molar-refractivity contribution < 1.29 is 4.79 Å². The Balaban J connectivity index is 1.77. The number of nitrogens with zero attached hydrogens (tertiary/aromatic N) is 2. The summed E-state index contributed by atoms with van der Waals surface area (Å²) in [6, 6.07) is 5.49. The third-order valence-corrected chi connectivity index (χ3v) is 5.82. The van der Waals surface area contributed by atoms with Crippen molar-refractivity contribution in [1.82, 2.24) is 14.7 Å². The van der Waals surface area contributed by atoms with Crippen LogP contribution in [0.5, 0.6) is 0 Å². The molecule has 1 saturated carbocycles. The first-order chi connectivity index (χ1) is 11.6. The smallest absolute Gasteiger partial charge is 0.275 e. The second-order valence-corrected chi connectivity index (χ2v) is 7.43. The van der Waals surface area contributed by atoms with E-state index in [1.807, 2.05) is 11.4 Å². The lowest BCUT2D eigenvalue weighted by Crippen LogP contribution is -2.41. The molecule has 3 aromatic rings. The predicted octanol–water partition coefficient (Wildman–Crippen LogP) is 3.22. The maximum atomic E-state index is 12.8. The maximum absolute atomic E-state index is 12.8. The predicted molar refractivity (Wildman–Crippen MR) is 95.7 cm³/mol. The van der Waals surface area contributed by atoms with Crippen LogP contribution in [0, 0.1) is 5.92 Å². The van der Waals surface area contributed by atoms with Crippen molar-refractivity contribution in [3.8, 4) is 0 Å². The molecule has 1 amide bonds. The summed E-state index contributed by atoms with van der Waals surface area (Å²) in [6.45, 7) is 2.19. The Bertz CT molecular complexity index is 975. The average molecular weight is 341 g/mol. The minimum atomic E-state index is -0.145. The summed E-state index contributed by atoms with van der Waals surface area (Å²) >= 11 is 1.38. The first-order valence-electron chi connectivity index (χ1n) is 8.34. The van der Waals surface area contributed by atoms with Crippen molar-refractivity contribution >= 4 is 33.1 Å². The van der Waals surface area contributed by atoms with Gasteiger partial charge in [-0.25, -0.2) is 4.98 Å². The Hall–Kier alpha value is -2.21. The van der Waals surface area contributed by atoms with Crippen molar-refractivity contribution in [3.05, 3.63) is 45.7 Å². The monoisotopic (exact) mass is 341 g/mol. The van der Waals surface area contributed by atoms with Gasteiger partial charge in [0.2, 0.25) is 0 Å². The van der Waals surface area contributed by atoms with Gasteiger partial charge in [-0.3, -0.25) is 14.0 Å². The molecule has 124 valence electrons. The molecule has 2 unspecified atom stereocenters. The van der Waals surface area contributed by atoms with Crippen LogP contribution >= 0.6 is 11.3 Å². The van der Waals surface area contributed by atoms with Gasteiger partial charge in [0, 0.05) is 12.2 Å². The molecule has 3 aromatic heterocycles. The number of amides is 1. The van der Waals surface area contributed by atoms with E-state index in [2.05, 4.69) is 17.2 Å². The summed E-state index contributed by atoms with van der Waals surface area (Å²) in [5, 5.41) is 5.00. The second kappa shape index (κ2) is 6.02. The van der Waals surface area contributed by atoms with Gasteiger partial charge in [0.1, 0.15) is 4.70 Å². The number of hydrogen-bond acceptors (Lipinski definition) is 4. The van der Waals surface area contributed by atoms with Crippen LogP contribution < -0.4 is 10.9 Å². The van der Waals surface area contributed by atoms with Crippen LogP contribution in [-0.2, 0) is 0 Å². The summed E-state index contributed by atoms with van der Waals surface area (Å²) < 4.78 is 2.09. The van der Waals surface area contributed by atoms with E-state index in [9.17, 15) is 9.59 Å². The summed E-state index contributed by atoms with van der Waals surface area (Å²) in [5.74, 6) is 0.338. The van der Waals surface area contributed by atoms with Gasteiger partial charge in [0.15, 0.2) is 5.65 Å². The number of thiophene rings is 1. The van der Waals surface area contributed by atoms with Gasteiger partial charge in [-0.05, 0) is 42.3 Å². The van der Waals surface area contributed by atoms with E-state index in [0.717, 1.165) is 19.3 Å². The standard InChI is InChI=1S/C18H19N3O2S/c1-11-5-2-3-7-13(11)20-17(22)12-6-4-9-21-16(12)19-14-8-10-24-15(14)18(21)23/h4,6,8-11,13H,2-3,5,7H2,1H3,(H,20,22). The summed E-state index contributed by atoms with van der Waals surface area (Å²) in [6.07, 6.45) is 6.21. The minimum Gasteiger partial charge on any atom is -0.349 e. The number of pyridine rings is 1. The minimum absolute atomic E-state index is 0.120. The molecule has 1 N–H and O–H groups in total. The van der Waals surface area contributed by atoms with E-state index in [1.165, 1.54) is 22.2 Å². The first-order valence-corrected chi connectivity index (χ1v) is 9.22. The summed E-state index contributed by atoms with van der Waals surface area (Å²) in [5.41, 5.74) is 1.41. The van der Waals surface area contributed by atoms with E-state index < -0.39 is 0 Å². The van der Waals surface area contributed by atoms with Gasteiger partial charge in [-0.2, -0.15) is 0 Å². The Labute approximate surface area is 143 Å². The Morgan fingerprint density at radius 1 is 1.33 bits per heavy atom. The lowest BCUT2D eigenvalue weighted by Gasteiger charge is -2.29. The molecule has 0 bridgehead atoms. The third-order valence-electron chi connectivity index (χ3n) is 4.92. The van der Waals surface area contributed by atoms with Crippen LogP contribution in [0.3, 0.4) is 0 Å². The molecule has 4 rings (SSSR count). The molecule has 3 heterocycles. The van der Waals surface area contributed by atoms with E-state index in [1.54, 1.807) is 18.3 Å². The molecule has 24 heavy (non-hydrogen) atoms. The highest BCUT2D eigenvalue weighted by atomic mass is 32.1. The van der Waals surface area contributed by atoms with Gasteiger partial charge in [-0.1, -0.05) is 19.8 Å². The quantitative estimate of drug-likeness (QED) is 0.778. The van der Waals surface area contributed by atoms with Crippen molar-refractivity contribution in [1.29, 1.82) is 0 Å². The molecule has 1 aliphatic rings. The highest BCUT2D eigenvalue weighted by Gasteiger charge is 2.24. The van der Waals surface area contributed by atoms with Gasteiger partial charge in [-0.15, -0.1) is 11.3 Å². The first kappa shape index (κ1) is 15.3. The Kier molecular flexibility index (Phi) is 3.84. The van der Waals surface area contributed by atoms with Crippen LogP contribution in [0.25, 0.3) is 15.9 Å². The molecule has 0 aliphatic heterocycles.